The minimum Gasteiger partial charge on any atom is -0.497 e. The van der Waals surface area contributed by atoms with Gasteiger partial charge in [0, 0.05) is 24.2 Å². The zero-order valence-corrected chi connectivity index (χ0v) is 21.2. The van der Waals surface area contributed by atoms with Crippen LogP contribution < -0.4 is 20.1 Å². The van der Waals surface area contributed by atoms with Crippen molar-refractivity contribution in [3.63, 3.8) is 0 Å². The Labute approximate surface area is 202 Å². The van der Waals surface area contributed by atoms with Gasteiger partial charge in [-0.25, -0.2) is 9.59 Å². The Morgan fingerprint density at radius 1 is 1.03 bits per heavy atom. The van der Waals surface area contributed by atoms with E-state index < -0.39 is 5.97 Å². The fourth-order valence-corrected chi connectivity index (χ4v) is 3.98. The molecule has 0 heterocycles. The second kappa shape index (κ2) is 12.3. The monoisotopic (exact) mass is 470 g/mol. The standard InChI is InChI=1S/C27H38N2O5/c1-7-8-9-10-19(21-13-12-20(33-5)16-24(21)34-6)17-28-26(32)29-23-15-18(25(30)31)11-14-22(23)27(2,3)4/h11-16,19H,7-10,17H2,1-6H3,(H,30,31)(H2,28,29,32). The maximum atomic E-state index is 12.9. The van der Waals surface area contributed by atoms with Crippen LogP contribution in [0.4, 0.5) is 10.5 Å². The maximum absolute atomic E-state index is 12.9. The van der Waals surface area contributed by atoms with Crippen molar-refractivity contribution < 1.29 is 24.2 Å². The lowest BCUT2D eigenvalue weighted by atomic mass is 9.85. The molecule has 0 aliphatic carbocycles. The van der Waals surface area contributed by atoms with Gasteiger partial charge in [-0.05, 0) is 41.2 Å². The molecule has 0 aliphatic heterocycles. The Bertz CT molecular complexity index is 981. The molecule has 0 bridgehead atoms. The van der Waals surface area contributed by atoms with E-state index in [1.165, 1.54) is 6.07 Å². The summed E-state index contributed by atoms with van der Waals surface area (Å²) in [6.07, 6.45) is 4.15. The summed E-state index contributed by atoms with van der Waals surface area (Å²) in [6.45, 7) is 8.64. The predicted molar refractivity (Wildman–Crippen MR) is 136 cm³/mol. The normalized spacial score (nSPS) is 12.1. The van der Waals surface area contributed by atoms with E-state index in [2.05, 4.69) is 17.6 Å². The van der Waals surface area contributed by atoms with E-state index in [0.29, 0.717) is 18.0 Å². The van der Waals surface area contributed by atoms with Gasteiger partial charge in [-0.3, -0.25) is 0 Å². The number of ether oxygens (including phenoxy) is 2. The number of carboxylic acid groups (broad SMARTS) is 1. The van der Waals surface area contributed by atoms with Gasteiger partial charge in [0.15, 0.2) is 0 Å². The van der Waals surface area contributed by atoms with E-state index in [-0.39, 0.29) is 22.9 Å². The van der Waals surface area contributed by atoms with E-state index in [9.17, 15) is 14.7 Å². The number of carboxylic acids is 1. The number of nitrogens with one attached hydrogen (secondary N) is 2. The highest BCUT2D eigenvalue weighted by Gasteiger charge is 2.22. The van der Waals surface area contributed by atoms with Crippen molar-refractivity contribution in [3.8, 4) is 11.5 Å². The van der Waals surface area contributed by atoms with Gasteiger partial charge >= 0.3 is 12.0 Å². The summed E-state index contributed by atoms with van der Waals surface area (Å²) in [6, 6.07) is 10.2. The quantitative estimate of drug-likeness (QED) is 0.341. The summed E-state index contributed by atoms with van der Waals surface area (Å²) in [5.41, 5.74) is 2.24. The highest BCUT2D eigenvalue weighted by molar-refractivity contribution is 5.94. The Balaban J connectivity index is 2.22. The van der Waals surface area contributed by atoms with Crippen molar-refractivity contribution in [1.29, 1.82) is 0 Å². The maximum Gasteiger partial charge on any atom is 0.335 e. The number of amides is 2. The van der Waals surface area contributed by atoms with Gasteiger partial charge < -0.3 is 25.2 Å². The number of benzene rings is 2. The number of anilines is 1. The topological polar surface area (TPSA) is 96.9 Å². The summed E-state index contributed by atoms with van der Waals surface area (Å²) in [7, 11) is 3.25. The molecule has 186 valence electrons. The number of hydrogen-bond acceptors (Lipinski definition) is 4. The number of unbranched alkanes of at least 4 members (excludes halogenated alkanes) is 2. The van der Waals surface area contributed by atoms with Crippen molar-refractivity contribution in [3.05, 3.63) is 53.1 Å². The lowest BCUT2D eigenvalue weighted by Crippen LogP contribution is -2.33. The second-order valence-corrected chi connectivity index (χ2v) is 9.45. The van der Waals surface area contributed by atoms with E-state index in [1.807, 2.05) is 39.0 Å². The summed E-state index contributed by atoms with van der Waals surface area (Å²) in [5, 5.41) is 15.2. The van der Waals surface area contributed by atoms with E-state index >= 15 is 0 Å². The molecule has 3 N–H and O–H groups in total. The number of urea groups is 1. The summed E-state index contributed by atoms with van der Waals surface area (Å²) >= 11 is 0. The van der Waals surface area contributed by atoms with Crippen LogP contribution in [0.2, 0.25) is 0 Å². The number of carbonyl (C=O) groups is 2. The van der Waals surface area contributed by atoms with Crippen LogP contribution in [0, 0.1) is 0 Å². The van der Waals surface area contributed by atoms with Crippen molar-refractivity contribution in [2.75, 3.05) is 26.1 Å². The number of hydrogen-bond donors (Lipinski definition) is 3. The second-order valence-electron chi connectivity index (χ2n) is 9.45. The van der Waals surface area contributed by atoms with Crippen LogP contribution in [0.5, 0.6) is 11.5 Å². The fraction of sp³-hybridized carbons (Fsp3) is 0.481. The van der Waals surface area contributed by atoms with Gasteiger partial charge in [0.25, 0.3) is 0 Å². The largest absolute Gasteiger partial charge is 0.497 e. The highest BCUT2D eigenvalue weighted by Crippen LogP contribution is 2.34. The van der Waals surface area contributed by atoms with Crippen LogP contribution in [0.1, 0.15) is 80.8 Å². The third-order valence-electron chi connectivity index (χ3n) is 5.87. The molecule has 0 saturated carbocycles. The molecule has 1 unspecified atom stereocenters. The lowest BCUT2D eigenvalue weighted by Gasteiger charge is -2.24. The SMILES string of the molecule is CCCCCC(CNC(=O)Nc1cc(C(=O)O)ccc1C(C)(C)C)c1ccc(OC)cc1OC. The zero-order valence-electron chi connectivity index (χ0n) is 21.2. The summed E-state index contributed by atoms with van der Waals surface area (Å²) in [4.78, 5) is 24.3. The average molecular weight is 471 g/mol. The minimum absolute atomic E-state index is 0.0607. The van der Waals surface area contributed by atoms with Gasteiger partial charge in [0.05, 0.1) is 19.8 Å². The van der Waals surface area contributed by atoms with E-state index in [0.717, 1.165) is 42.6 Å². The summed E-state index contributed by atoms with van der Waals surface area (Å²) in [5.74, 6) is 0.468. The summed E-state index contributed by atoms with van der Waals surface area (Å²) < 4.78 is 10.9. The van der Waals surface area contributed by atoms with Crippen LogP contribution in [0.3, 0.4) is 0 Å². The molecule has 0 radical (unpaired) electrons. The Morgan fingerprint density at radius 2 is 1.76 bits per heavy atom. The molecule has 0 fully saturated rings. The Morgan fingerprint density at radius 3 is 2.35 bits per heavy atom. The van der Waals surface area contributed by atoms with Crippen LogP contribution >= 0.6 is 0 Å². The first-order chi connectivity index (χ1) is 16.1. The molecule has 1 atom stereocenters. The molecule has 0 aromatic heterocycles. The molecular weight excluding hydrogens is 432 g/mol. The van der Waals surface area contributed by atoms with Gasteiger partial charge in [-0.15, -0.1) is 0 Å². The molecule has 2 aromatic carbocycles. The number of aromatic carboxylic acids is 1. The fourth-order valence-electron chi connectivity index (χ4n) is 3.98. The van der Waals surface area contributed by atoms with Crippen molar-refractivity contribution in [1.82, 2.24) is 5.32 Å². The third kappa shape index (κ3) is 7.40. The van der Waals surface area contributed by atoms with Crippen molar-refractivity contribution in [2.24, 2.45) is 0 Å². The third-order valence-corrected chi connectivity index (χ3v) is 5.87. The number of methoxy groups -OCH3 is 2. The van der Waals surface area contributed by atoms with Gasteiger partial charge in [-0.1, -0.05) is 59.1 Å². The molecule has 7 nitrogen and oxygen atoms in total. The number of rotatable bonds is 11. The highest BCUT2D eigenvalue weighted by atomic mass is 16.5. The first kappa shape index (κ1) is 27.0. The van der Waals surface area contributed by atoms with E-state index in [1.54, 1.807) is 26.4 Å². The minimum atomic E-state index is -1.04. The van der Waals surface area contributed by atoms with Crippen LogP contribution in [0.25, 0.3) is 0 Å². The number of carbonyl (C=O) groups excluding carboxylic acids is 1. The molecule has 0 saturated heterocycles. The van der Waals surface area contributed by atoms with Crippen molar-refractivity contribution in [2.45, 2.75) is 64.7 Å². The molecule has 34 heavy (non-hydrogen) atoms. The molecule has 2 rings (SSSR count). The molecule has 2 amide bonds. The Kier molecular flexibility index (Phi) is 9.78. The van der Waals surface area contributed by atoms with Crippen LogP contribution in [0.15, 0.2) is 36.4 Å². The predicted octanol–water partition coefficient (Wildman–Crippen LogP) is 6.19. The van der Waals surface area contributed by atoms with Crippen LogP contribution in [-0.4, -0.2) is 37.9 Å². The first-order valence-electron chi connectivity index (χ1n) is 11.7. The molecule has 2 aromatic rings. The molecule has 7 heteroatoms. The van der Waals surface area contributed by atoms with Crippen molar-refractivity contribution >= 4 is 17.7 Å². The smallest absolute Gasteiger partial charge is 0.335 e. The Hall–Kier alpha value is -3.22. The van der Waals surface area contributed by atoms with Crippen LogP contribution in [-0.2, 0) is 5.41 Å². The van der Waals surface area contributed by atoms with Gasteiger partial charge in [0.1, 0.15) is 11.5 Å². The zero-order chi connectivity index (χ0) is 25.3. The molecular formula is C27H38N2O5. The first-order valence-corrected chi connectivity index (χ1v) is 11.7. The average Bonchev–Trinajstić information content (AvgIpc) is 2.80. The van der Waals surface area contributed by atoms with Gasteiger partial charge in [-0.2, -0.15) is 0 Å². The lowest BCUT2D eigenvalue weighted by molar-refractivity contribution is 0.0696. The van der Waals surface area contributed by atoms with Gasteiger partial charge in [0.2, 0.25) is 0 Å². The molecule has 0 spiro atoms. The molecule has 0 aliphatic rings. The van der Waals surface area contributed by atoms with E-state index in [4.69, 9.17) is 9.47 Å².